The van der Waals surface area contributed by atoms with E-state index in [0.29, 0.717) is 0 Å². The molecule has 0 radical (unpaired) electrons. The third-order valence-corrected chi connectivity index (χ3v) is 3.05. The van der Waals surface area contributed by atoms with Gasteiger partial charge in [0.25, 0.3) is 0 Å². The van der Waals surface area contributed by atoms with Gasteiger partial charge in [0, 0.05) is 18.0 Å². The summed E-state index contributed by atoms with van der Waals surface area (Å²) in [5.41, 5.74) is -0.0992. The number of ketones is 2. The van der Waals surface area contributed by atoms with Gasteiger partial charge in [-0.25, -0.2) is 14.4 Å². The Bertz CT molecular complexity index is 678. The zero-order chi connectivity index (χ0) is 14.7. The maximum atomic E-state index is 13.3. The molecular formula is C13H7Cl2FN2O2. The molecule has 1 aromatic carbocycles. The first-order valence-corrected chi connectivity index (χ1v) is 6.22. The largest absolute Gasteiger partial charge is 0.294 e. The van der Waals surface area contributed by atoms with Crippen LogP contribution in [0.25, 0.3) is 0 Å². The summed E-state index contributed by atoms with van der Waals surface area (Å²) in [7, 11) is 0. The van der Waals surface area contributed by atoms with Crippen LogP contribution in [0.3, 0.4) is 0 Å². The van der Waals surface area contributed by atoms with E-state index in [0.717, 1.165) is 12.1 Å². The molecule has 1 aromatic heterocycles. The average molecular weight is 313 g/mol. The Morgan fingerprint density at radius 1 is 1.05 bits per heavy atom. The summed E-state index contributed by atoms with van der Waals surface area (Å²) in [6.45, 7) is 0. The van der Waals surface area contributed by atoms with Gasteiger partial charge in [0.15, 0.2) is 11.6 Å². The molecule has 20 heavy (non-hydrogen) atoms. The second kappa shape index (κ2) is 6.07. The Balaban J connectivity index is 2.21. The van der Waals surface area contributed by atoms with Gasteiger partial charge in [-0.2, -0.15) is 0 Å². The molecule has 0 spiro atoms. The lowest BCUT2D eigenvalue weighted by atomic mass is 10.1. The lowest BCUT2D eigenvalue weighted by Crippen LogP contribution is -2.12. The number of nitrogens with zero attached hydrogens (tertiary/aromatic N) is 2. The molecule has 0 unspecified atom stereocenters. The molecule has 7 heteroatoms. The molecule has 0 aliphatic heterocycles. The van der Waals surface area contributed by atoms with Crippen LogP contribution in [0.2, 0.25) is 10.0 Å². The maximum absolute atomic E-state index is 13.3. The van der Waals surface area contributed by atoms with Crippen LogP contribution >= 0.6 is 23.2 Å². The van der Waals surface area contributed by atoms with Gasteiger partial charge in [0.1, 0.15) is 5.82 Å². The minimum Gasteiger partial charge on any atom is -0.294 e. The van der Waals surface area contributed by atoms with Crippen LogP contribution in [0.5, 0.6) is 0 Å². The molecule has 0 N–H and O–H groups in total. The predicted octanol–water partition coefficient (Wildman–Crippen LogP) is 3.38. The van der Waals surface area contributed by atoms with E-state index in [9.17, 15) is 14.0 Å². The van der Waals surface area contributed by atoms with E-state index in [4.69, 9.17) is 23.2 Å². The molecule has 102 valence electrons. The molecule has 0 atom stereocenters. The third-order valence-electron chi connectivity index (χ3n) is 2.45. The lowest BCUT2D eigenvalue weighted by molar-refractivity contribution is 0.0888. The highest BCUT2D eigenvalue weighted by atomic mass is 35.5. The van der Waals surface area contributed by atoms with Crippen LogP contribution in [0, 0.1) is 5.82 Å². The van der Waals surface area contributed by atoms with Gasteiger partial charge in [0.05, 0.1) is 16.5 Å². The summed E-state index contributed by atoms with van der Waals surface area (Å²) in [5, 5.41) is -0.201. The van der Waals surface area contributed by atoms with E-state index in [1.165, 1.54) is 12.4 Å². The van der Waals surface area contributed by atoms with Crippen molar-refractivity contribution in [2.75, 3.05) is 0 Å². The Labute approximate surface area is 123 Å². The summed E-state index contributed by atoms with van der Waals surface area (Å²) in [6, 6.07) is 3.57. The lowest BCUT2D eigenvalue weighted by Gasteiger charge is -2.04. The molecule has 0 fully saturated rings. The van der Waals surface area contributed by atoms with Crippen molar-refractivity contribution in [1.82, 2.24) is 9.97 Å². The van der Waals surface area contributed by atoms with Crippen LogP contribution in [0.4, 0.5) is 4.39 Å². The summed E-state index contributed by atoms with van der Waals surface area (Å²) in [6.07, 6.45) is 2.28. The molecule has 0 bridgehead atoms. The fourth-order valence-corrected chi connectivity index (χ4v) is 1.99. The van der Waals surface area contributed by atoms with E-state index in [1.807, 2.05) is 0 Å². The van der Waals surface area contributed by atoms with Crippen LogP contribution in [-0.4, -0.2) is 21.5 Å². The average Bonchev–Trinajstić information content (AvgIpc) is 2.43. The van der Waals surface area contributed by atoms with Crippen molar-refractivity contribution < 1.29 is 14.0 Å². The van der Waals surface area contributed by atoms with Gasteiger partial charge in [-0.05, 0) is 18.2 Å². The standard InChI is InChI=1S/C13H7Cl2FN2O2/c14-8-5-9(15)10(16)4-7(8)11(19)6-12(20)13-17-2-1-3-18-13/h1-5H,6H2. The molecule has 0 amide bonds. The molecular weight excluding hydrogens is 306 g/mol. The number of aromatic nitrogens is 2. The monoisotopic (exact) mass is 312 g/mol. The molecule has 4 nitrogen and oxygen atoms in total. The Morgan fingerprint density at radius 3 is 2.35 bits per heavy atom. The second-order valence-corrected chi connectivity index (χ2v) is 4.66. The highest BCUT2D eigenvalue weighted by Crippen LogP contribution is 2.25. The highest BCUT2D eigenvalue weighted by molar-refractivity contribution is 6.37. The molecule has 2 rings (SSSR count). The van der Waals surface area contributed by atoms with Crippen molar-refractivity contribution in [3.05, 3.63) is 57.8 Å². The quantitative estimate of drug-likeness (QED) is 0.493. The van der Waals surface area contributed by atoms with Gasteiger partial charge in [-0.3, -0.25) is 9.59 Å². The number of hydrogen-bond acceptors (Lipinski definition) is 4. The number of hydrogen-bond donors (Lipinski definition) is 0. The smallest absolute Gasteiger partial charge is 0.207 e. The molecule has 1 heterocycles. The number of carbonyl (C=O) groups is 2. The molecule has 0 saturated heterocycles. The van der Waals surface area contributed by atoms with Gasteiger partial charge in [-0.15, -0.1) is 0 Å². The van der Waals surface area contributed by atoms with Crippen molar-refractivity contribution in [2.45, 2.75) is 6.42 Å². The van der Waals surface area contributed by atoms with Gasteiger partial charge in [0.2, 0.25) is 5.78 Å². The zero-order valence-corrected chi connectivity index (χ0v) is 11.5. The van der Waals surface area contributed by atoms with Crippen molar-refractivity contribution in [2.24, 2.45) is 0 Å². The van der Waals surface area contributed by atoms with Gasteiger partial charge in [-0.1, -0.05) is 23.2 Å². The zero-order valence-electron chi connectivity index (χ0n) is 9.94. The minimum absolute atomic E-state index is 0.0109. The second-order valence-electron chi connectivity index (χ2n) is 3.84. The Hall–Kier alpha value is -1.85. The Kier molecular flexibility index (Phi) is 4.42. The first kappa shape index (κ1) is 14.6. The van der Waals surface area contributed by atoms with Crippen molar-refractivity contribution in [1.29, 1.82) is 0 Å². The molecule has 0 aliphatic rings. The topological polar surface area (TPSA) is 59.9 Å². The summed E-state index contributed by atoms with van der Waals surface area (Å²) in [5.74, 6) is -2.04. The van der Waals surface area contributed by atoms with Crippen molar-refractivity contribution >= 4 is 34.8 Å². The summed E-state index contributed by atoms with van der Waals surface area (Å²) in [4.78, 5) is 31.2. The molecule has 0 saturated carbocycles. The fourth-order valence-electron chi connectivity index (χ4n) is 1.50. The predicted molar refractivity (Wildman–Crippen MR) is 71.7 cm³/mol. The van der Waals surface area contributed by atoms with E-state index >= 15 is 0 Å². The Morgan fingerprint density at radius 2 is 1.70 bits per heavy atom. The number of Topliss-reactive ketones (excluding diaryl/α,β-unsaturated/α-hetero) is 2. The van der Waals surface area contributed by atoms with Crippen LogP contribution in [-0.2, 0) is 0 Å². The van der Waals surface area contributed by atoms with Gasteiger partial charge >= 0.3 is 0 Å². The summed E-state index contributed by atoms with van der Waals surface area (Å²) >= 11 is 11.3. The van der Waals surface area contributed by atoms with Crippen molar-refractivity contribution in [3.8, 4) is 0 Å². The first-order chi connectivity index (χ1) is 9.49. The number of benzene rings is 1. The van der Waals surface area contributed by atoms with Gasteiger partial charge < -0.3 is 0 Å². The number of rotatable bonds is 4. The SMILES string of the molecule is O=C(CC(=O)c1cc(F)c(Cl)cc1Cl)c1ncccn1. The van der Waals surface area contributed by atoms with Crippen LogP contribution < -0.4 is 0 Å². The number of carbonyl (C=O) groups excluding carboxylic acids is 2. The molecule has 2 aromatic rings. The minimum atomic E-state index is -0.775. The number of halogens is 3. The molecule has 0 aliphatic carbocycles. The van der Waals surface area contributed by atoms with E-state index in [2.05, 4.69) is 9.97 Å². The van der Waals surface area contributed by atoms with E-state index < -0.39 is 23.8 Å². The maximum Gasteiger partial charge on any atom is 0.207 e. The van der Waals surface area contributed by atoms with Crippen LogP contribution in [0.1, 0.15) is 27.4 Å². The van der Waals surface area contributed by atoms with E-state index in [-0.39, 0.29) is 21.4 Å². The first-order valence-electron chi connectivity index (χ1n) is 5.47. The van der Waals surface area contributed by atoms with E-state index in [1.54, 1.807) is 6.07 Å². The fraction of sp³-hybridized carbons (Fsp3) is 0.0769. The summed E-state index contributed by atoms with van der Waals surface area (Å²) < 4.78 is 13.3. The van der Waals surface area contributed by atoms with Crippen LogP contribution in [0.15, 0.2) is 30.6 Å². The highest BCUT2D eigenvalue weighted by Gasteiger charge is 2.19. The van der Waals surface area contributed by atoms with Crippen molar-refractivity contribution in [3.63, 3.8) is 0 Å². The normalized spacial score (nSPS) is 10.3. The third kappa shape index (κ3) is 3.18.